The van der Waals surface area contributed by atoms with Gasteiger partial charge in [-0.25, -0.2) is 9.78 Å². The summed E-state index contributed by atoms with van der Waals surface area (Å²) in [7, 11) is 0. The van der Waals surface area contributed by atoms with Crippen molar-refractivity contribution in [1.82, 2.24) is 9.88 Å². The molecule has 0 bridgehead atoms. The quantitative estimate of drug-likeness (QED) is 0.800. The first-order valence-electron chi connectivity index (χ1n) is 6.79. The Hall–Kier alpha value is -0.980. The highest BCUT2D eigenvalue weighted by atomic mass is 32.1. The van der Waals surface area contributed by atoms with Gasteiger partial charge in [-0.05, 0) is 19.4 Å². The van der Waals surface area contributed by atoms with Crippen LogP contribution in [0.25, 0.3) is 0 Å². The Morgan fingerprint density at radius 3 is 3.26 bits per heavy atom. The van der Waals surface area contributed by atoms with E-state index in [1.165, 1.54) is 11.3 Å². The van der Waals surface area contributed by atoms with Crippen molar-refractivity contribution in [2.75, 3.05) is 32.8 Å². The summed E-state index contributed by atoms with van der Waals surface area (Å²) in [6.07, 6.45) is 3.58. The first-order chi connectivity index (χ1) is 9.24. The molecule has 2 heterocycles. The van der Waals surface area contributed by atoms with Crippen LogP contribution < -0.4 is 5.73 Å². The van der Waals surface area contributed by atoms with Gasteiger partial charge in [0.15, 0.2) is 0 Å². The van der Waals surface area contributed by atoms with Crippen LogP contribution in [-0.4, -0.2) is 48.6 Å². The number of ether oxygens (including phenoxy) is 1. The van der Waals surface area contributed by atoms with Gasteiger partial charge in [0.25, 0.3) is 0 Å². The maximum Gasteiger partial charge on any atom is 0.349 e. The number of carbonyl (C=O) groups is 1. The zero-order chi connectivity index (χ0) is 13.7. The average Bonchev–Trinajstić information content (AvgIpc) is 3.04. The third kappa shape index (κ3) is 3.75. The summed E-state index contributed by atoms with van der Waals surface area (Å²) >= 11 is 1.47. The van der Waals surface area contributed by atoms with Crippen LogP contribution >= 0.6 is 11.3 Å². The number of thiazole rings is 1. The Bertz CT molecular complexity index is 422. The van der Waals surface area contributed by atoms with Gasteiger partial charge < -0.3 is 15.4 Å². The summed E-state index contributed by atoms with van der Waals surface area (Å²) in [5, 5.41) is 1.04. The molecule has 0 radical (unpaired) electrons. The zero-order valence-corrected chi connectivity index (χ0v) is 12.1. The SMILES string of the molecule is CCCOC(=O)c1cnc(C2CCN(CCN)C2)s1. The third-order valence-corrected chi connectivity index (χ3v) is 4.37. The summed E-state index contributed by atoms with van der Waals surface area (Å²) < 4.78 is 5.12. The highest BCUT2D eigenvalue weighted by Crippen LogP contribution is 2.30. The molecule has 1 fully saturated rings. The van der Waals surface area contributed by atoms with Gasteiger partial charge in [0.1, 0.15) is 4.88 Å². The molecule has 1 saturated heterocycles. The van der Waals surface area contributed by atoms with Gasteiger partial charge in [0.05, 0.1) is 17.8 Å². The van der Waals surface area contributed by atoms with Crippen LogP contribution in [0, 0.1) is 0 Å². The van der Waals surface area contributed by atoms with Gasteiger partial charge in [-0.1, -0.05) is 6.92 Å². The molecule has 5 nitrogen and oxygen atoms in total. The third-order valence-electron chi connectivity index (χ3n) is 3.23. The predicted octanol–water partition coefficient (Wildman–Crippen LogP) is 1.46. The fourth-order valence-electron chi connectivity index (χ4n) is 2.26. The molecule has 0 aromatic carbocycles. The van der Waals surface area contributed by atoms with Crippen molar-refractivity contribution in [2.45, 2.75) is 25.7 Å². The second-order valence-corrected chi connectivity index (χ2v) is 5.84. The maximum atomic E-state index is 11.7. The summed E-state index contributed by atoms with van der Waals surface area (Å²) in [6.45, 7) is 6.15. The number of hydrogen-bond donors (Lipinski definition) is 1. The van der Waals surface area contributed by atoms with Crippen LogP contribution in [0.2, 0.25) is 0 Å². The van der Waals surface area contributed by atoms with Crippen molar-refractivity contribution in [2.24, 2.45) is 5.73 Å². The van der Waals surface area contributed by atoms with Gasteiger partial charge in [0.2, 0.25) is 0 Å². The van der Waals surface area contributed by atoms with Crippen molar-refractivity contribution >= 4 is 17.3 Å². The minimum Gasteiger partial charge on any atom is -0.461 e. The normalized spacial score (nSPS) is 19.8. The number of rotatable bonds is 6. The Kier molecular flexibility index (Phi) is 5.30. The fraction of sp³-hybridized carbons (Fsp3) is 0.692. The van der Waals surface area contributed by atoms with Crippen molar-refractivity contribution in [3.05, 3.63) is 16.1 Å². The van der Waals surface area contributed by atoms with Crippen molar-refractivity contribution in [3.8, 4) is 0 Å². The van der Waals surface area contributed by atoms with Crippen LogP contribution in [0.3, 0.4) is 0 Å². The molecule has 2 rings (SSSR count). The molecule has 1 aliphatic heterocycles. The Morgan fingerprint density at radius 1 is 1.68 bits per heavy atom. The van der Waals surface area contributed by atoms with E-state index in [2.05, 4.69) is 9.88 Å². The second kappa shape index (κ2) is 6.98. The molecule has 1 aliphatic rings. The number of likely N-dealkylation sites (tertiary alicyclic amines) is 1. The van der Waals surface area contributed by atoms with Gasteiger partial charge in [-0.3, -0.25) is 0 Å². The fourth-order valence-corrected chi connectivity index (χ4v) is 3.19. The monoisotopic (exact) mass is 283 g/mol. The zero-order valence-electron chi connectivity index (χ0n) is 11.3. The van der Waals surface area contributed by atoms with E-state index in [0.717, 1.165) is 37.5 Å². The Morgan fingerprint density at radius 2 is 2.53 bits per heavy atom. The van der Waals surface area contributed by atoms with Gasteiger partial charge >= 0.3 is 5.97 Å². The minimum absolute atomic E-state index is 0.248. The minimum atomic E-state index is -0.248. The van der Waals surface area contributed by atoms with Crippen LogP contribution in [0.4, 0.5) is 0 Å². The van der Waals surface area contributed by atoms with E-state index in [1.54, 1.807) is 6.20 Å². The van der Waals surface area contributed by atoms with Crippen molar-refractivity contribution in [3.63, 3.8) is 0 Å². The number of esters is 1. The van der Waals surface area contributed by atoms with E-state index < -0.39 is 0 Å². The molecule has 19 heavy (non-hydrogen) atoms. The van der Waals surface area contributed by atoms with E-state index in [1.807, 2.05) is 6.92 Å². The number of nitrogens with zero attached hydrogens (tertiary/aromatic N) is 2. The highest BCUT2D eigenvalue weighted by molar-refractivity contribution is 7.13. The molecule has 1 aromatic heterocycles. The summed E-state index contributed by atoms with van der Waals surface area (Å²) in [6, 6.07) is 0. The largest absolute Gasteiger partial charge is 0.461 e. The molecular weight excluding hydrogens is 262 g/mol. The van der Waals surface area contributed by atoms with Gasteiger partial charge in [-0.15, -0.1) is 11.3 Å². The second-order valence-electron chi connectivity index (χ2n) is 4.77. The average molecular weight is 283 g/mol. The highest BCUT2D eigenvalue weighted by Gasteiger charge is 2.26. The predicted molar refractivity (Wildman–Crippen MR) is 75.5 cm³/mol. The number of nitrogens with two attached hydrogens (primary N) is 1. The molecule has 0 saturated carbocycles. The van der Waals surface area contributed by atoms with Crippen LogP contribution in [-0.2, 0) is 4.74 Å². The maximum absolute atomic E-state index is 11.7. The van der Waals surface area contributed by atoms with Crippen LogP contribution in [0.1, 0.15) is 40.4 Å². The topological polar surface area (TPSA) is 68.5 Å². The van der Waals surface area contributed by atoms with Gasteiger partial charge in [-0.2, -0.15) is 0 Å². The molecule has 0 spiro atoms. The van der Waals surface area contributed by atoms with Crippen LogP contribution in [0.5, 0.6) is 0 Å². The first kappa shape index (κ1) is 14.4. The number of aromatic nitrogens is 1. The lowest BCUT2D eigenvalue weighted by molar-refractivity contribution is 0.0510. The van der Waals surface area contributed by atoms with Crippen LogP contribution in [0.15, 0.2) is 6.20 Å². The summed E-state index contributed by atoms with van der Waals surface area (Å²) in [5.41, 5.74) is 5.57. The molecular formula is C13H21N3O2S. The van der Waals surface area contributed by atoms with Crippen molar-refractivity contribution in [1.29, 1.82) is 0 Å². The summed E-state index contributed by atoms with van der Waals surface area (Å²) in [5.74, 6) is 0.187. The molecule has 0 amide bonds. The molecule has 6 heteroatoms. The number of hydrogen-bond acceptors (Lipinski definition) is 6. The smallest absolute Gasteiger partial charge is 0.349 e. The lowest BCUT2D eigenvalue weighted by atomic mass is 10.1. The van der Waals surface area contributed by atoms with E-state index in [0.29, 0.717) is 23.9 Å². The summed E-state index contributed by atoms with van der Waals surface area (Å²) in [4.78, 5) is 19.1. The van der Waals surface area contributed by atoms with Gasteiger partial charge in [0, 0.05) is 25.6 Å². The Balaban J connectivity index is 1.92. The molecule has 1 atom stereocenters. The lowest BCUT2D eigenvalue weighted by Crippen LogP contribution is -2.26. The van der Waals surface area contributed by atoms with E-state index in [-0.39, 0.29) is 5.97 Å². The molecule has 2 N–H and O–H groups in total. The van der Waals surface area contributed by atoms with E-state index in [4.69, 9.17) is 10.5 Å². The lowest BCUT2D eigenvalue weighted by Gasteiger charge is -2.13. The van der Waals surface area contributed by atoms with Crippen molar-refractivity contribution < 1.29 is 9.53 Å². The Labute approximate surface area is 117 Å². The molecule has 1 aromatic rings. The first-order valence-corrected chi connectivity index (χ1v) is 7.61. The molecule has 0 aliphatic carbocycles. The number of carbonyl (C=O) groups excluding carboxylic acids is 1. The molecule has 1 unspecified atom stereocenters. The van der Waals surface area contributed by atoms with E-state index >= 15 is 0 Å². The molecule has 106 valence electrons. The standard InChI is InChI=1S/C13H21N3O2S/c1-2-7-18-13(17)11-8-15-12(19-11)10-3-5-16(9-10)6-4-14/h8,10H,2-7,9,14H2,1H3. The van der Waals surface area contributed by atoms with E-state index in [9.17, 15) is 4.79 Å².